The smallest absolute Gasteiger partial charge is 0.266 e. The third-order valence-corrected chi connectivity index (χ3v) is 24.2. The molecule has 8 aromatic rings. The first-order valence-corrected chi connectivity index (χ1v) is 49.1. The summed E-state index contributed by atoms with van der Waals surface area (Å²) in [6, 6.07) is 21.0. The molecule has 632 valence electrons. The molecule has 0 fully saturated rings. The maximum Gasteiger partial charge on any atom is 0.266 e. The molecule has 0 aliphatic carbocycles. The fraction of sp³-hybridized carbons (Fsp3) is 0.362. The lowest BCUT2D eigenvalue weighted by Crippen LogP contribution is -2.21. The molecular weight excluding hydrogens is 1840 g/mol. The number of aromatic nitrogens is 8. The van der Waals surface area contributed by atoms with Gasteiger partial charge in [-0.05, 0) is 217 Å². The summed E-state index contributed by atoms with van der Waals surface area (Å²) in [6.07, 6.45) is 7.85. The van der Waals surface area contributed by atoms with Gasteiger partial charge in [-0.2, -0.15) is 0 Å². The summed E-state index contributed by atoms with van der Waals surface area (Å²) in [7, 11) is -8.64. The van der Waals surface area contributed by atoms with E-state index in [2.05, 4.69) is 121 Å². The van der Waals surface area contributed by atoms with Crippen molar-refractivity contribution in [1.29, 1.82) is 0 Å². The van der Waals surface area contributed by atoms with Crippen LogP contribution in [0.5, 0.6) is 0 Å². The van der Waals surface area contributed by atoms with Gasteiger partial charge in [0.05, 0.1) is 32.8 Å². The minimum atomic E-state index is -3.03. The second-order valence-electron chi connectivity index (χ2n) is 25.0. The van der Waals surface area contributed by atoms with Gasteiger partial charge in [0.15, 0.2) is 66.2 Å². The largest absolute Gasteiger partial charge is 0.300 e. The van der Waals surface area contributed by atoms with Crippen LogP contribution in [0, 0.1) is 11.6 Å². The maximum absolute atomic E-state index is 13.4. The Labute approximate surface area is 705 Å². The average Bonchev–Trinajstić information content (AvgIpc) is 1.39. The molecule has 0 aliphatic rings. The van der Waals surface area contributed by atoms with E-state index in [1.54, 1.807) is 54.4 Å². The van der Waals surface area contributed by atoms with Gasteiger partial charge in [-0.1, -0.05) is 39.7 Å². The summed E-state index contributed by atoms with van der Waals surface area (Å²) in [4.78, 5) is 64.0. The van der Waals surface area contributed by atoms with Gasteiger partial charge >= 0.3 is 0 Å². The third-order valence-electron chi connectivity index (χ3n) is 14.5. The minimum Gasteiger partial charge on any atom is -0.300 e. The summed E-state index contributed by atoms with van der Waals surface area (Å²) in [5.74, 6) is 16.0. The van der Waals surface area contributed by atoms with Gasteiger partial charge < -0.3 is 0 Å². The van der Waals surface area contributed by atoms with Crippen LogP contribution in [0.25, 0.3) is 0 Å². The molecule has 8 rings (SSSR count). The van der Waals surface area contributed by atoms with Gasteiger partial charge in [0, 0.05) is 132 Å². The molecule has 4 aromatic carbocycles. The van der Waals surface area contributed by atoms with E-state index in [0.29, 0.717) is 117 Å². The van der Waals surface area contributed by atoms with Crippen LogP contribution in [0.3, 0.4) is 0 Å². The molecule has 32 nitrogen and oxygen atoms in total. The molecule has 0 saturated heterocycles. The number of alkyl halides is 2. The second-order valence-corrected chi connectivity index (χ2v) is 42.7. The van der Waals surface area contributed by atoms with Gasteiger partial charge in [0.25, 0.3) is 6.43 Å². The Morgan fingerprint density at radius 1 is 0.440 bits per heavy atom. The SMILES string of the molecule is C=S(C)(=O)CCC(=O)CCCSc1nonc1C(=Nc1ccc(F)c(Br)c1)NO.C=S(C)(=O)CCC(=O)CCCSc1nonc1C(=Nc1ccc(F)c(C(F)F)c1)NO.C=S(C)(=O)CCC(=O)CCCSc1nonc1C(=Nc1cccc(Br)c1)NO.C=S(C)(=O)CCC(=O)CCCSc1nonc1C(=Nc1cccc(Cl)c1)NO. The number of halogens is 7. The standard InChI is InChI=1S/C18H21F3N4O4S2.C17H20BrFN4O4S2.C17H21BrN4O4S2.C17H21ClN4O4S2/c1-31(2,28)9-7-12(26)4-3-8-30-18-15(24-29-25-18)17(23-27)22-11-5-6-14(19)13(10-11)16(20)21;1-29(2,26)9-7-12(24)4-3-8-28-17-15(22-27-23-17)16(21-25)20-11-5-6-14(19)13(18)10-11;2*1-28(2,25)10-8-14(23)7-4-9-27-17-15(21-26-22-17)16(20-24)19-13-6-3-5-12(18)11-13/h5-6,10,16,27H,1,3-4,7-9H2,2H3,(H,22,23);5-6,10,25H,1,3-4,7-9H2,2H3,(H,20,21);2*3,5-6,11,24H,1,4,7-10H2,2H3,(H,19,20). The van der Waals surface area contributed by atoms with E-state index >= 15 is 0 Å². The van der Waals surface area contributed by atoms with E-state index in [9.17, 15) is 74.4 Å². The Morgan fingerprint density at radius 2 is 0.733 bits per heavy atom. The Balaban J connectivity index is 0.000000276. The molecule has 0 aliphatic heterocycles. The number of rotatable bonds is 41. The van der Waals surface area contributed by atoms with Gasteiger partial charge in [-0.25, -0.2) is 56.0 Å². The highest BCUT2D eigenvalue weighted by atomic mass is 79.9. The first kappa shape index (κ1) is 98.9. The number of Topliss-reactive ketones (excluding diaryl/α,β-unsaturated/α-hetero) is 4. The summed E-state index contributed by atoms with van der Waals surface area (Å²) in [5.41, 5.74) is 9.13. The molecule has 4 aromatic heterocycles. The number of hydrogen-bond acceptors (Lipinski definition) is 32. The number of hydrogen-bond donors (Lipinski definition) is 8. The summed E-state index contributed by atoms with van der Waals surface area (Å²) in [6.45, 7) is 0. The van der Waals surface area contributed by atoms with Crippen LogP contribution in [0.15, 0.2) is 152 Å². The van der Waals surface area contributed by atoms with Crippen LogP contribution < -0.4 is 21.9 Å². The molecule has 4 atom stereocenters. The second kappa shape index (κ2) is 50.3. The average molecular weight is 1920 g/mol. The van der Waals surface area contributed by atoms with Crippen molar-refractivity contribution in [2.75, 3.05) is 71.0 Å². The third kappa shape index (κ3) is 38.8. The van der Waals surface area contributed by atoms with Crippen LogP contribution in [0.4, 0.5) is 40.3 Å². The first-order valence-electron chi connectivity index (χ1n) is 33.9. The number of ketones is 4. The maximum atomic E-state index is 13.4. The van der Waals surface area contributed by atoms with Crippen molar-refractivity contribution in [2.24, 2.45) is 20.0 Å². The van der Waals surface area contributed by atoms with E-state index in [4.69, 9.17) is 25.5 Å². The molecule has 4 heterocycles. The van der Waals surface area contributed by atoms with Crippen LogP contribution in [0.2, 0.25) is 5.02 Å². The van der Waals surface area contributed by atoms with Gasteiger partial charge in [0.2, 0.25) is 0 Å². The van der Waals surface area contributed by atoms with E-state index < -0.39 is 61.7 Å². The van der Waals surface area contributed by atoms with Crippen LogP contribution >= 0.6 is 90.5 Å². The topological polar surface area (TPSA) is 471 Å². The number of carbonyl (C=O) groups is 4. The number of benzene rings is 4. The van der Waals surface area contributed by atoms with Crippen molar-refractivity contribution in [3.05, 3.63) is 139 Å². The molecule has 0 spiro atoms. The zero-order valence-corrected chi connectivity index (χ0v) is 73.1. The molecule has 4 unspecified atom stereocenters. The molecule has 116 heavy (non-hydrogen) atoms. The quantitative estimate of drug-likeness (QED) is 0.00335. The zero-order chi connectivity index (χ0) is 85.6. The van der Waals surface area contributed by atoms with E-state index in [-0.39, 0.29) is 128 Å². The number of carbonyl (C=O) groups excluding carboxylic acids is 4. The Morgan fingerprint density at radius 3 is 1.02 bits per heavy atom. The van der Waals surface area contributed by atoms with E-state index in [1.165, 1.54) is 77.8 Å². The monoisotopic (exact) mass is 1920 g/mol. The number of hydroxylamine groups is 4. The van der Waals surface area contributed by atoms with Crippen LogP contribution in [-0.2, 0) is 57.3 Å². The normalized spacial score (nSPS) is 13.9. The molecule has 0 bridgehead atoms. The molecular formula is C69H83Br2ClF4N16O16S8. The number of nitrogens with zero attached hydrogens (tertiary/aromatic N) is 12. The van der Waals surface area contributed by atoms with Crippen molar-refractivity contribution >= 4 is 221 Å². The highest BCUT2D eigenvalue weighted by molar-refractivity contribution is 9.10. The zero-order valence-electron chi connectivity index (χ0n) is 62.6. The summed E-state index contributed by atoms with van der Waals surface area (Å²) in [5, 5.41) is 69.8. The van der Waals surface area contributed by atoms with E-state index in [0.717, 1.165) is 22.7 Å². The summed E-state index contributed by atoms with van der Waals surface area (Å²) < 4.78 is 119. The fourth-order valence-electron chi connectivity index (χ4n) is 8.70. The molecule has 47 heteroatoms. The highest BCUT2D eigenvalue weighted by Crippen LogP contribution is 2.31. The van der Waals surface area contributed by atoms with Crippen molar-refractivity contribution in [2.45, 2.75) is 104 Å². The predicted molar refractivity (Wildman–Crippen MR) is 455 cm³/mol. The van der Waals surface area contributed by atoms with Crippen molar-refractivity contribution in [1.82, 2.24) is 63.2 Å². The van der Waals surface area contributed by atoms with Gasteiger partial charge in [0.1, 0.15) is 34.8 Å². The number of aliphatic imine (C=N–C) groups is 4. The van der Waals surface area contributed by atoms with E-state index in [1.807, 2.05) is 28.6 Å². The van der Waals surface area contributed by atoms with Crippen LogP contribution in [0.1, 0.15) is 112 Å². The van der Waals surface area contributed by atoms with Crippen molar-refractivity contribution in [3.8, 4) is 0 Å². The summed E-state index contributed by atoms with van der Waals surface area (Å²) >= 11 is 17.5. The fourth-order valence-corrected chi connectivity index (χ4v) is 15.6. The molecule has 0 amide bonds. The Kier molecular flexibility index (Phi) is 42.8. The molecule has 0 radical (unpaired) electrons. The Bertz CT molecular complexity index is 5050. The van der Waals surface area contributed by atoms with Crippen molar-refractivity contribution in [3.63, 3.8) is 0 Å². The van der Waals surface area contributed by atoms with Gasteiger partial charge in [-0.3, -0.25) is 78.8 Å². The number of amidine groups is 4. The predicted octanol–water partition coefficient (Wildman–Crippen LogP) is 12.6. The lowest BCUT2D eigenvalue weighted by atomic mass is 10.2. The van der Waals surface area contributed by atoms with Gasteiger partial charge in [-0.15, -0.1) is 47.0 Å². The lowest BCUT2D eigenvalue weighted by Gasteiger charge is -2.06. The van der Waals surface area contributed by atoms with Crippen molar-refractivity contribution < 1.29 is 92.9 Å². The van der Waals surface area contributed by atoms with Crippen LogP contribution in [-0.4, -0.2) is 220 Å². The number of nitrogens with one attached hydrogen (secondary N) is 4. The molecule has 0 saturated carbocycles. The Hall–Kier alpha value is -7.71. The number of thioether (sulfide) groups is 4. The minimum absolute atomic E-state index is 0.0171. The first-order chi connectivity index (χ1) is 54.9. The molecule has 8 N–H and O–H groups in total. The lowest BCUT2D eigenvalue weighted by molar-refractivity contribution is -0.119. The highest BCUT2D eigenvalue weighted by Gasteiger charge is 2.23.